The van der Waals surface area contributed by atoms with E-state index in [0.717, 1.165) is 11.6 Å². The van der Waals surface area contributed by atoms with Crippen molar-refractivity contribution in [3.05, 3.63) is 24.0 Å². The third-order valence-corrected chi connectivity index (χ3v) is 3.93. The van der Waals surface area contributed by atoms with E-state index in [1.807, 2.05) is 12.3 Å². The van der Waals surface area contributed by atoms with E-state index in [9.17, 15) is 0 Å². The lowest BCUT2D eigenvalue weighted by molar-refractivity contribution is 0.435. The lowest BCUT2D eigenvalue weighted by Crippen LogP contribution is -2.24. The highest BCUT2D eigenvalue weighted by molar-refractivity contribution is 5.44. The smallest absolute Gasteiger partial charge is 0.0552 e. The first-order valence-electron chi connectivity index (χ1n) is 7.23. The molecule has 2 N–H and O–H groups in total. The van der Waals surface area contributed by atoms with Gasteiger partial charge in [0, 0.05) is 19.6 Å². The van der Waals surface area contributed by atoms with Crippen LogP contribution in [0.1, 0.15) is 44.7 Å². The SMILES string of the molecule is CCCC1CCCN(c2ccc(CN)nc2)CC1. The molecular weight excluding hydrogens is 222 g/mol. The monoisotopic (exact) mass is 247 g/mol. The third kappa shape index (κ3) is 3.45. The van der Waals surface area contributed by atoms with Crippen molar-refractivity contribution < 1.29 is 0 Å². The highest BCUT2D eigenvalue weighted by Gasteiger charge is 2.16. The zero-order chi connectivity index (χ0) is 12.8. The summed E-state index contributed by atoms with van der Waals surface area (Å²) in [5.41, 5.74) is 7.80. The molecule has 1 unspecified atom stereocenters. The standard InChI is InChI=1S/C15H25N3/c1-2-4-13-5-3-9-18(10-8-13)15-7-6-14(11-16)17-12-15/h6-7,12-13H,2-5,8-11,16H2,1H3. The van der Waals surface area contributed by atoms with Gasteiger partial charge in [-0.15, -0.1) is 0 Å². The summed E-state index contributed by atoms with van der Waals surface area (Å²) in [5.74, 6) is 0.927. The second-order valence-corrected chi connectivity index (χ2v) is 5.28. The fraction of sp³-hybridized carbons (Fsp3) is 0.667. The minimum absolute atomic E-state index is 0.527. The average Bonchev–Trinajstić information content (AvgIpc) is 2.65. The molecule has 1 atom stereocenters. The zero-order valence-electron chi connectivity index (χ0n) is 11.4. The number of aromatic nitrogens is 1. The molecule has 1 aromatic heterocycles. The van der Waals surface area contributed by atoms with Gasteiger partial charge in [-0.2, -0.15) is 0 Å². The van der Waals surface area contributed by atoms with E-state index in [1.54, 1.807) is 0 Å². The Hall–Kier alpha value is -1.09. The minimum atomic E-state index is 0.527. The van der Waals surface area contributed by atoms with Crippen molar-refractivity contribution >= 4 is 5.69 Å². The predicted molar refractivity (Wildman–Crippen MR) is 76.6 cm³/mol. The molecule has 0 saturated carbocycles. The number of nitrogens with two attached hydrogens (primary N) is 1. The van der Waals surface area contributed by atoms with Gasteiger partial charge in [0.05, 0.1) is 17.6 Å². The van der Waals surface area contributed by atoms with Crippen LogP contribution in [-0.4, -0.2) is 18.1 Å². The normalized spacial score (nSPS) is 20.8. The van der Waals surface area contributed by atoms with Gasteiger partial charge in [0.25, 0.3) is 0 Å². The van der Waals surface area contributed by atoms with E-state index < -0.39 is 0 Å². The number of anilines is 1. The highest BCUT2D eigenvalue weighted by atomic mass is 15.1. The maximum Gasteiger partial charge on any atom is 0.0552 e. The first-order chi connectivity index (χ1) is 8.83. The molecule has 18 heavy (non-hydrogen) atoms. The molecule has 0 amide bonds. The van der Waals surface area contributed by atoms with E-state index in [4.69, 9.17) is 5.73 Å². The summed E-state index contributed by atoms with van der Waals surface area (Å²) in [6, 6.07) is 4.21. The Morgan fingerprint density at radius 2 is 2.22 bits per heavy atom. The summed E-state index contributed by atoms with van der Waals surface area (Å²) >= 11 is 0. The van der Waals surface area contributed by atoms with Crippen LogP contribution in [0.4, 0.5) is 5.69 Å². The van der Waals surface area contributed by atoms with Crippen LogP contribution in [0.3, 0.4) is 0 Å². The lowest BCUT2D eigenvalue weighted by Gasteiger charge is -2.22. The molecule has 0 spiro atoms. The predicted octanol–water partition coefficient (Wildman–Crippen LogP) is 2.95. The Bertz CT molecular complexity index is 347. The molecule has 1 aliphatic rings. The Morgan fingerprint density at radius 3 is 2.89 bits per heavy atom. The Morgan fingerprint density at radius 1 is 1.33 bits per heavy atom. The van der Waals surface area contributed by atoms with E-state index in [0.29, 0.717) is 6.54 Å². The molecule has 2 heterocycles. The van der Waals surface area contributed by atoms with Gasteiger partial charge >= 0.3 is 0 Å². The number of hydrogen-bond acceptors (Lipinski definition) is 3. The molecule has 1 aromatic rings. The molecule has 1 fully saturated rings. The van der Waals surface area contributed by atoms with Gasteiger partial charge in [-0.25, -0.2) is 0 Å². The molecule has 3 nitrogen and oxygen atoms in total. The van der Waals surface area contributed by atoms with Gasteiger partial charge in [-0.1, -0.05) is 19.8 Å². The Kier molecular flexibility index (Phi) is 5.00. The summed E-state index contributed by atoms with van der Waals surface area (Å²) in [4.78, 5) is 6.87. The summed E-state index contributed by atoms with van der Waals surface area (Å²) in [7, 11) is 0. The summed E-state index contributed by atoms with van der Waals surface area (Å²) < 4.78 is 0. The summed E-state index contributed by atoms with van der Waals surface area (Å²) in [6.07, 6.45) is 8.70. The van der Waals surface area contributed by atoms with Crippen LogP contribution in [0.25, 0.3) is 0 Å². The van der Waals surface area contributed by atoms with E-state index in [1.165, 1.54) is 50.9 Å². The van der Waals surface area contributed by atoms with Gasteiger partial charge in [0.15, 0.2) is 0 Å². The molecule has 0 radical (unpaired) electrons. The quantitative estimate of drug-likeness (QED) is 0.889. The van der Waals surface area contributed by atoms with Gasteiger partial charge < -0.3 is 10.6 Å². The first kappa shape index (κ1) is 13.3. The van der Waals surface area contributed by atoms with Crippen LogP contribution in [0.15, 0.2) is 18.3 Å². The molecule has 3 heteroatoms. The van der Waals surface area contributed by atoms with Gasteiger partial charge in [0.2, 0.25) is 0 Å². The van der Waals surface area contributed by atoms with Crippen LogP contribution >= 0.6 is 0 Å². The summed E-state index contributed by atoms with van der Waals surface area (Å²) in [5, 5.41) is 0. The van der Waals surface area contributed by atoms with E-state index >= 15 is 0 Å². The van der Waals surface area contributed by atoms with E-state index in [-0.39, 0.29) is 0 Å². The molecular formula is C15H25N3. The largest absolute Gasteiger partial charge is 0.370 e. The molecule has 0 bridgehead atoms. The lowest BCUT2D eigenvalue weighted by atomic mass is 9.96. The van der Waals surface area contributed by atoms with Crippen molar-refractivity contribution in [3.8, 4) is 0 Å². The van der Waals surface area contributed by atoms with Gasteiger partial charge in [-0.05, 0) is 37.3 Å². The fourth-order valence-corrected chi connectivity index (χ4v) is 2.84. The fourth-order valence-electron chi connectivity index (χ4n) is 2.84. The number of rotatable bonds is 4. The number of hydrogen-bond donors (Lipinski definition) is 1. The molecule has 0 aliphatic carbocycles. The molecule has 1 saturated heterocycles. The van der Waals surface area contributed by atoms with Gasteiger partial charge in [-0.3, -0.25) is 4.98 Å². The summed E-state index contributed by atoms with van der Waals surface area (Å²) in [6.45, 7) is 5.16. The second-order valence-electron chi connectivity index (χ2n) is 5.28. The van der Waals surface area contributed by atoms with Crippen LogP contribution in [0.2, 0.25) is 0 Å². The maximum atomic E-state index is 5.58. The van der Waals surface area contributed by atoms with Crippen molar-refractivity contribution in [2.75, 3.05) is 18.0 Å². The Labute approximate surface area is 110 Å². The Balaban J connectivity index is 1.96. The average molecular weight is 247 g/mol. The van der Waals surface area contributed by atoms with E-state index in [2.05, 4.69) is 22.9 Å². The van der Waals surface area contributed by atoms with Crippen LogP contribution in [0, 0.1) is 5.92 Å². The zero-order valence-corrected chi connectivity index (χ0v) is 11.4. The van der Waals surface area contributed by atoms with Crippen LogP contribution in [0.5, 0.6) is 0 Å². The first-order valence-corrected chi connectivity index (χ1v) is 7.23. The van der Waals surface area contributed by atoms with Crippen molar-refractivity contribution in [1.82, 2.24) is 4.98 Å². The highest BCUT2D eigenvalue weighted by Crippen LogP contribution is 2.25. The third-order valence-electron chi connectivity index (χ3n) is 3.93. The maximum absolute atomic E-state index is 5.58. The molecule has 100 valence electrons. The number of pyridine rings is 1. The molecule has 1 aliphatic heterocycles. The van der Waals surface area contributed by atoms with Crippen molar-refractivity contribution in [2.45, 2.75) is 45.6 Å². The van der Waals surface area contributed by atoms with Crippen molar-refractivity contribution in [1.29, 1.82) is 0 Å². The molecule has 2 rings (SSSR count). The van der Waals surface area contributed by atoms with Crippen LogP contribution < -0.4 is 10.6 Å². The molecule has 0 aromatic carbocycles. The topological polar surface area (TPSA) is 42.1 Å². The second kappa shape index (κ2) is 6.74. The van der Waals surface area contributed by atoms with Gasteiger partial charge in [0.1, 0.15) is 0 Å². The minimum Gasteiger partial charge on any atom is -0.370 e. The van der Waals surface area contributed by atoms with Crippen LogP contribution in [-0.2, 0) is 6.54 Å². The number of nitrogens with zero attached hydrogens (tertiary/aromatic N) is 2. The van der Waals surface area contributed by atoms with Crippen molar-refractivity contribution in [3.63, 3.8) is 0 Å². The van der Waals surface area contributed by atoms with Crippen molar-refractivity contribution in [2.24, 2.45) is 11.7 Å².